The Labute approximate surface area is 424 Å². The number of aryl methyl sites for hydroxylation is 2. The van der Waals surface area contributed by atoms with E-state index in [0.29, 0.717) is 42.9 Å². The van der Waals surface area contributed by atoms with Gasteiger partial charge in [-0.25, -0.2) is 9.97 Å². The molecule has 0 spiro atoms. The van der Waals surface area contributed by atoms with Gasteiger partial charge in [0.25, 0.3) is 5.88 Å². The fourth-order valence-corrected chi connectivity index (χ4v) is 11.3. The van der Waals surface area contributed by atoms with Gasteiger partial charge in [-0.15, -0.1) is 11.3 Å². The number of halogens is 3. The summed E-state index contributed by atoms with van der Waals surface area (Å²) in [5.74, 6) is -1.49. The summed E-state index contributed by atoms with van der Waals surface area (Å²) in [6, 6.07) is 17.0. The number of piperidine rings is 1. The van der Waals surface area contributed by atoms with Crippen molar-refractivity contribution >= 4 is 45.0 Å². The Morgan fingerprint density at radius 3 is 2.40 bits per heavy atom. The Kier molecular flexibility index (Phi) is 14.3. The average Bonchev–Trinajstić information content (AvgIpc) is 4.17. The van der Waals surface area contributed by atoms with Crippen molar-refractivity contribution in [1.29, 1.82) is 0 Å². The smallest absolute Gasteiger partial charge is 0.421 e. The number of pyridine rings is 2. The predicted molar refractivity (Wildman–Crippen MR) is 269 cm³/mol. The fraction of sp³-hybridized carbons (Fsp3) is 0.444. The summed E-state index contributed by atoms with van der Waals surface area (Å²) in [4.78, 5) is 45.5. The van der Waals surface area contributed by atoms with E-state index in [0.717, 1.165) is 75.5 Å². The quantitative estimate of drug-likeness (QED) is 0.0942. The number of thiazole rings is 1. The Bertz CT molecular complexity index is 3090. The number of alkyl halides is 3. The van der Waals surface area contributed by atoms with Crippen molar-refractivity contribution in [2.24, 2.45) is 13.0 Å². The van der Waals surface area contributed by atoms with Crippen molar-refractivity contribution in [2.45, 2.75) is 108 Å². The second kappa shape index (κ2) is 20.8. The lowest BCUT2D eigenvalue weighted by molar-refractivity contribution is -0.142. The van der Waals surface area contributed by atoms with Crippen LogP contribution in [0, 0.1) is 12.8 Å². The van der Waals surface area contributed by atoms with Crippen LogP contribution in [0.3, 0.4) is 0 Å². The zero-order chi connectivity index (χ0) is 51.1. The molecule has 73 heavy (non-hydrogen) atoms. The maximum atomic E-state index is 14.4. The number of β-amino-alcohol motifs (C(OH)–C–C–N with tert-alkyl or cyclic N) is 1. The van der Waals surface area contributed by atoms with Gasteiger partial charge in [-0.05, 0) is 72.7 Å². The minimum Gasteiger partial charge on any atom is -0.474 e. The van der Waals surface area contributed by atoms with E-state index in [-0.39, 0.29) is 54.8 Å². The van der Waals surface area contributed by atoms with E-state index in [2.05, 4.69) is 30.3 Å². The Morgan fingerprint density at radius 2 is 1.67 bits per heavy atom. The highest BCUT2D eigenvalue weighted by Crippen LogP contribution is 2.41. The molecule has 0 radical (unpaired) electrons. The van der Waals surface area contributed by atoms with Crippen molar-refractivity contribution < 1.29 is 46.6 Å². The average molecular weight is 1020 g/mol. The predicted octanol–water partition coefficient (Wildman–Crippen LogP) is 9.28. The molecule has 7 heterocycles. The van der Waals surface area contributed by atoms with Crippen LogP contribution in [0.4, 0.5) is 13.2 Å². The standard InChI is InChI=1S/C54H59F3N8O7S/c1-30(2)49(53(68)65-28-37(66)22-46(65)51(67)61-31(3)33-6-8-34(9-7-33)50-32(4)60-29-73-50)47-25-48(62-72-47)69-19-18-64-16-13-38(14-17-64)70-39-23-40(24-39)71-52-43(54(55,56)57)20-36(26-59-52)35-10-11-41-42-27-58-15-12-44(42)63(5)45(41)21-35/h6-12,15,20-21,25-27,29-31,37-40,46,49,66H,13-14,16-19,22-24,28H2,1-5H3,(H,61,67)/t31-,37+,39-,40-,46-,49-/m0/s1. The maximum absolute atomic E-state index is 14.4. The number of aromatic nitrogens is 5. The molecule has 2 amide bonds. The Balaban J connectivity index is 0.666. The minimum atomic E-state index is -4.66. The number of ether oxygens (including phenoxy) is 3. The molecular weight excluding hydrogens is 962 g/mol. The number of hydrogen-bond acceptors (Lipinski definition) is 13. The van der Waals surface area contributed by atoms with Gasteiger partial charge in [0.1, 0.15) is 30.2 Å². The molecule has 0 bridgehead atoms. The van der Waals surface area contributed by atoms with E-state index in [1.807, 2.05) is 87.3 Å². The van der Waals surface area contributed by atoms with Crippen LogP contribution in [0.2, 0.25) is 0 Å². The van der Waals surface area contributed by atoms with Crippen LogP contribution in [0.5, 0.6) is 11.8 Å². The number of aliphatic hydroxyl groups excluding tert-OH is 1. The third-order valence-electron chi connectivity index (χ3n) is 14.6. The number of aliphatic hydroxyl groups is 1. The summed E-state index contributed by atoms with van der Waals surface area (Å²) in [6.07, 6.45) is 1.56. The first-order valence-electron chi connectivity index (χ1n) is 24.9. The third kappa shape index (κ3) is 10.7. The molecule has 2 aromatic carbocycles. The van der Waals surface area contributed by atoms with Crippen molar-refractivity contribution in [2.75, 3.05) is 32.8 Å². The number of benzene rings is 2. The van der Waals surface area contributed by atoms with E-state index < -0.39 is 41.8 Å². The molecule has 2 aliphatic heterocycles. The molecule has 10 rings (SSSR count). The van der Waals surface area contributed by atoms with Crippen LogP contribution >= 0.6 is 11.3 Å². The molecule has 15 nitrogen and oxygen atoms in total. The molecular formula is C54H59F3N8O7S. The number of rotatable bonds is 16. The molecule has 0 unspecified atom stereocenters. The number of hydrogen-bond donors (Lipinski definition) is 2. The summed E-state index contributed by atoms with van der Waals surface area (Å²) in [5.41, 5.74) is 6.67. The number of likely N-dealkylation sites (tertiary alicyclic amines) is 2. The highest BCUT2D eigenvalue weighted by molar-refractivity contribution is 7.13. The monoisotopic (exact) mass is 1020 g/mol. The molecule has 7 aromatic rings. The summed E-state index contributed by atoms with van der Waals surface area (Å²) in [5, 5.41) is 19.8. The van der Waals surface area contributed by atoms with E-state index in [1.54, 1.807) is 35.9 Å². The van der Waals surface area contributed by atoms with Gasteiger partial charge >= 0.3 is 6.18 Å². The SMILES string of the molecule is Cc1ncsc1-c1ccc([C@H](C)NC(=O)[C@@H]2C[C@@H](O)CN2C(=O)[C@H](c2cc(OCCN3CCC(O[C@H]4C[C@H](Oc5ncc(-c6ccc7c8cnccc8n(C)c7c6)cc5C(F)(F)F)C4)CC3)no2)C(C)C)cc1. The lowest BCUT2D eigenvalue weighted by atomic mass is 9.91. The van der Waals surface area contributed by atoms with Gasteiger partial charge in [-0.2, -0.15) is 13.2 Å². The lowest BCUT2D eigenvalue weighted by Gasteiger charge is -2.39. The van der Waals surface area contributed by atoms with Crippen LogP contribution < -0.4 is 14.8 Å². The number of carbonyl (C=O) groups excluding carboxylic acids is 2. The number of fused-ring (bicyclic) bond motifs is 3. The van der Waals surface area contributed by atoms with E-state index in [4.69, 9.17) is 18.7 Å². The molecule has 384 valence electrons. The van der Waals surface area contributed by atoms with Gasteiger partial charge < -0.3 is 38.6 Å². The van der Waals surface area contributed by atoms with Crippen molar-refractivity contribution in [3.8, 4) is 33.3 Å². The fourth-order valence-electron chi connectivity index (χ4n) is 10.4. The van der Waals surface area contributed by atoms with Crippen molar-refractivity contribution in [3.63, 3.8) is 0 Å². The van der Waals surface area contributed by atoms with Crippen LogP contribution in [-0.2, 0) is 27.5 Å². The van der Waals surface area contributed by atoms with Crippen LogP contribution in [0.15, 0.2) is 89.3 Å². The third-order valence-corrected chi connectivity index (χ3v) is 15.6. The van der Waals surface area contributed by atoms with Gasteiger partial charge in [-0.3, -0.25) is 19.5 Å². The first kappa shape index (κ1) is 50.1. The molecule has 2 saturated heterocycles. The normalized spacial score (nSPS) is 20.7. The molecule has 4 atom stereocenters. The molecule has 1 aliphatic carbocycles. The van der Waals surface area contributed by atoms with Crippen molar-refractivity contribution in [3.05, 3.63) is 107 Å². The zero-order valence-corrected chi connectivity index (χ0v) is 42.2. The first-order chi connectivity index (χ1) is 35.1. The summed E-state index contributed by atoms with van der Waals surface area (Å²) in [6.45, 7) is 10.2. The van der Waals surface area contributed by atoms with E-state index in [9.17, 15) is 27.9 Å². The minimum absolute atomic E-state index is 0.0210. The number of nitrogens with one attached hydrogen (secondary N) is 1. The number of nitrogens with zero attached hydrogens (tertiary/aromatic N) is 7. The molecule has 1 saturated carbocycles. The van der Waals surface area contributed by atoms with Gasteiger partial charge in [-0.1, -0.05) is 50.2 Å². The maximum Gasteiger partial charge on any atom is 0.421 e. The van der Waals surface area contributed by atoms with E-state index >= 15 is 0 Å². The second-order valence-electron chi connectivity index (χ2n) is 19.9. The summed E-state index contributed by atoms with van der Waals surface area (Å²) >= 11 is 1.58. The second-order valence-corrected chi connectivity index (χ2v) is 20.8. The molecule has 19 heteroatoms. The number of amides is 2. The van der Waals surface area contributed by atoms with E-state index in [1.165, 1.54) is 11.1 Å². The Hall–Kier alpha value is -6.41. The van der Waals surface area contributed by atoms with Gasteiger partial charge in [0.05, 0.1) is 46.0 Å². The summed E-state index contributed by atoms with van der Waals surface area (Å²) < 4.78 is 69.2. The lowest BCUT2D eigenvalue weighted by Crippen LogP contribution is -2.48. The molecule has 3 fully saturated rings. The number of carbonyl (C=O) groups is 2. The molecule has 3 aliphatic rings. The van der Waals surface area contributed by atoms with Gasteiger partial charge in [0, 0.05) is 99.0 Å². The Morgan fingerprint density at radius 1 is 0.904 bits per heavy atom. The largest absolute Gasteiger partial charge is 0.474 e. The highest BCUT2D eigenvalue weighted by Gasteiger charge is 2.44. The van der Waals surface area contributed by atoms with Crippen LogP contribution in [-0.4, -0.2) is 115 Å². The highest BCUT2D eigenvalue weighted by atomic mass is 32.1. The zero-order valence-electron chi connectivity index (χ0n) is 41.3. The van der Waals surface area contributed by atoms with Gasteiger partial charge in [0.15, 0.2) is 5.76 Å². The molecule has 5 aromatic heterocycles. The van der Waals surface area contributed by atoms with Crippen LogP contribution in [0.25, 0.3) is 43.4 Å². The first-order valence-corrected chi connectivity index (χ1v) is 25.8. The topological polar surface area (TPSA) is 170 Å². The molecule has 2 N–H and O–H groups in total. The van der Waals surface area contributed by atoms with Crippen molar-refractivity contribution in [1.82, 2.24) is 39.8 Å². The van der Waals surface area contributed by atoms with Gasteiger partial charge in [0.2, 0.25) is 17.7 Å². The summed E-state index contributed by atoms with van der Waals surface area (Å²) in [7, 11) is 1.92. The van der Waals surface area contributed by atoms with Crippen LogP contribution in [0.1, 0.15) is 87.4 Å².